The molecule has 0 aliphatic rings. The molecule has 0 aliphatic carbocycles. The second-order valence-corrected chi connectivity index (χ2v) is 15.9. The van der Waals surface area contributed by atoms with Crippen LogP contribution in [-0.4, -0.2) is 99.3 Å². The van der Waals surface area contributed by atoms with E-state index in [0.29, 0.717) is 12.8 Å². The van der Waals surface area contributed by atoms with Gasteiger partial charge in [-0.3, -0.25) is 18.6 Å². The van der Waals surface area contributed by atoms with Crippen molar-refractivity contribution >= 4 is 19.8 Å². The maximum Gasteiger partial charge on any atom is 0.472 e. The predicted molar refractivity (Wildman–Crippen MR) is 205 cm³/mol. The zero-order chi connectivity index (χ0) is 39.6. The summed E-state index contributed by atoms with van der Waals surface area (Å²) in [5.41, 5.74) is 0. The van der Waals surface area contributed by atoms with Gasteiger partial charge in [0.1, 0.15) is 31.0 Å². The number of ether oxygens (including phenoxy) is 2. The van der Waals surface area contributed by atoms with Gasteiger partial charge in [0.25, 0.3) is 0 Å². The van der Waals surface area contributed by atoms with Crippen LogP contribution in [0.25, 0.3) is 0 Å². The van der Waals surface area contributed by atoms with Gasteiger partial charge in [-0.2, -0.15) is 0 Å². The summed E-state index contributed by atoms with van der Waals surface area (Å²) in [6, 6.07) is 0. The maximum absolute atomic E-state index is 12.6. The van der Waals surface area contributed by atoms with Gasteiger partial charge in [0.15, 0.2) is 6.10 Å². The third kappa shape index (κ3) is 31.7. The smallest absolute Gasteiger partial charge is 0.462 e. The number of hydrogen-bond acceptors (Lipinski definition) is 12. The van der Waals surface area contributed by atoms with E-state index in [9.17, 15) is 39.5 Å². The molecule has 0 bridgehead atoms. The van der Waals surface area contributed by atoms with Gasteiger partial charge in [-0.25, -0.2) is 4.57 Å². The van der Waals surface area contributed by atoms with Crippen LogP contribution in [0.2, 0.25) is 0 Å². The molecule has 0 amide bonds. The molecule has 0 aromatic heterocycles. The summed E-state index contributed by atoms with van der Waals surface area (Å²) in [7, 11) is -4.88. The second-order valence-electron chi connectivity index (χ2n) is 14.4. The highest BCUT2D eigenvalue weighted by molar-refractivity contribution is 7.47. The van der Waals surface area contributed by atoms with E-state index in [-0.39, 0.29) is 12.8 Å². The first kappa shape index (κ1) is 51.9. The fourth-order valence-corrected chi connectivity index (χ4v) is 6.66. The fraction of sp³-hybridized carbons (Fsp3) is 0.949. The van der Waals surface area contributed by atoms with Crippen LogP contribution in [0.3, 0.4) is 0 Å². The van der Waals surface area contributed by atoms with Crippen molar-refractivity contribution in [1.82, 2.24) is 0 Å². The van der Waals surface area contributed by atoms with Gasteiger partial charge in [-0.05, 0) is 12.8 Å². The number of rotatable bonds is 39. The van der Waals surface area contributed by atoms with Crippen LogP contribution in [0.1, 0.15) is 181 Å². The molecule has 0 saturated carbocycles. The van der Waals surface area contributed by atoms with Gasteiger partial charge < -0.3 is 39.9 Å². The van der Waals surface area contributed by atoms with Crippen LogP contribution >= 0.6 is 7.82 Å². The number of hydrogen-bond donors (Lipinski definition) is 6. The van der Waals surface area contributed by atoms with Gasteiger partial charge in [0.05, 0.1) is 19.8 Å². The number of carbonyl (C=O) groups is 2. The zero-order valence-corrected chi connectivity index (χ0v) is 34.0. The first-order valence-corrected chi connectivity index (χ1v) is 22.3. The highest BCUT2D eigenvalue weighted by Gasteiger charge is 2.33. The van der Waals surface area contributed by atoms with Crippen molar-refractivity contribution in [1.29, 1.82) is 0 Å². The molecule has 0 radical (unpaired) electrons. The number of aliphatic hydroxyl groups is 5. The highest BCUT2D eigenvalue weighted by atomic mass is 31.2. The van der Waals surface area contributed by atoms with Crippen molar-refractivity contribution in [2.24, 2.45) is 0 Å². The predicted octanol–water partition coefficient (Wildman–Crippen LogP) is 7.19. The minimum absolute atomic E-state index is 0.124. The van der Waals surface area contributed by atoms with Crippen molar-refractivity contribution in [2.45, 2.75) is 211 Å². The van der Waals surface area contributed by atoms with Crippen LogP contribution < -0.4 is 0 Å². The molecule has 0 spiro atoms. The molecule has 1 unspecified atom stereocenters. The summed E-state index contributed by atoms with van der Waals surface area (Å²) in [5, 5.41) is 48.0. The summed E-state index contributed by atoms with van der Waals surface area (Å²) in [6.07, 6.45) is 19.2. The monoisotopic (exact) mass is 785 g/mol. The standard InChI is InChI=1S/C39H77O13P/c1-3-5-7-9-11-13-14-15-16-17-18-20-21-23-25-27-36(43)49-30-33(52-37(44)28-26-24-22-19-12-10-8-6-4-2)31-50-53(47,48)51-32-35(42)39(46)38(45)34(41)29-40/h33-35,38-42,45-46H,3-32H2,1-2H3,(H,47,48)/t33-,34-,35-,38-,39-/m1/s1. The van der Waals surface area contributed by atoms with Gasteiger partial charge in [-0.15, -0.1) is 0 Å². The number of esters is 2. The average Bonchev–Trinajstić information content (AvgIpc) is 3.14. The molecular weight excluding hydrogens is 707 g/mol. The van der Waals surface area contributed by atoms with Gasteiger partial charge in [0, 0.05) is 12.8 Å². The van der Waals surface area contributed by atoms with Crippen molar-refractivity contribution in [3.63, 3.8) is 0 Å². The third-order valence-electron chi connectivity index (χ3n) is 9.35. The van der Waals surface area contributed by atoms with Gasteiger partial charge >= 0.3 is 19.8 Å². The molecule has 14 heteroatoms. The van der Waals surface area contributed by atoms with Crippen LogP contribution in [0.15, 0.2) is 0 Å². The summed E-state index contributed by atoms with van der Waals surface area (Å²) in [4.78, 5) is 35.2. The number of phosphoric ester groups is 1. The SMILES string of the molecule is CCCCCCCCCCCCCCCCCC(=O)OC[C@H](COP(=O)(O)OC[C@@H](O)[C@@H](O)[C@H](O)[C@H](O)CO)OC(=O)CCCCCCCCCCC. The second kappa shape index (κ2) is 35.3. The molecule has 0 aromatic carbocycles. The van der Waals surface area contributed by atoms with Crippen LogP contribution in [0, 0.1) is 0 Å². The van der Waals surface area contributed by atoms with E-state index in [0.717, 1.165) is 38.5 Å². The minimum Gasteiger partial charge on any atom is -0.462 e. The highest BCUT2D eigenvalue weighted by Crippen LogP contribution is 2.43. The topological polar surface area (TPSA) is 210 Å². The van der Waals surface area contributed by atoms with Crippen LogP contribution in [0.5, 0.6) is 0 Å². The largest absolute Gasteiger partial charge is 0.472 e. The molecule has 6 N–H and O–H groups in total. The molecule has 316 valence electrons. The van der Waals surface area contributed by atoms with Crippen LogP contribution in [0.4, 0.5) is 0 Å². The quantitative estimate of drug-likeness (QED) is 0.0207. The minimum atomic E-state index is -4.88. The molecule has 53 heavy (non-hydrogen) atoms. The lowest BCUT2D eigenvalue weighted by molar-refractivity contribution is -0.161. The summed E-state index contributed by atoms with van der Waals surface area (Å²) in [5.74, 6) is -1.05. The Hall–Kier alpha value is -1.15. The fourth-order valence-electron chi connectivity index (χ4n) is 5.89. The van der Waals surface area contributed by atoms with E-state index in [4.69, 9.17) is 23.6 Å². The Kier molecular flexibility index (Phi) is 34.5. The van der Waals surface area contributed by atoms with Gasteiger partial charge in [-0.1, -0.05) is 155 Å². The van der Waals surface area contributed by atoms with E-state index in [1.54, 1.807) is 0 Å². The van der Waals surface area contributed by atoms with Crippen molar-refractivity contribution in [2.75, 3.05) is 26.4 Å². The first-order chi connectivity index (χ1) is 25.5. The molecule has 0 heterocycles. The first-order valence-electron chi connectivity index (χ1n) is 20.8. The Balaban J connectivity index is 4.61. The molecule has 13 nitrogen and oxygen atoms in total. The molecule has 0 aliphatic heterocycles. The van der Waals surface area contributed by atoms with E-state index in [2.05, 4.69) is 13.8 Å². The van der Waals surface area contributed by atoms with Crippen molar-refractivity contribution in [3.8, 4) is 0 Å². The Morgan fingerprint density at radius 2 is 0.868 bits per heavy atom. The Labute approximate surface area is 320 Å². The lowest BCUT2D eigenvalue weighted by Gasteiger charge is -2.26. The number of phosphoric acid groups is 1. The maximum atomic E-state index is 12.6. The van der Waals surface area contributed by atoms with E-state index in [1.165, 1.54) is 103 Å². The van der Waals surface area contributed by atoms with Crippen LogP contribution in [-0.2, 0) is 32.7 Å². The molecular formula is C39H77O13P. The summed E-state index contributed by atoms with van der Waals surface area (Å²) in [6.45, 7) is 1.50. The van der Waals surface area contributed by atoms with E-state index >= 15 is 0 Å². The number of unbranched alkanes of at least 4 members (excludes halogenated alkanes) is 22. The Morgan fingerprint density at radius 3 is 1.28 bits per heavy atom. The third-order valence-corrected chi connectivity index (χ3v) is 10.3. The molecule has 0 fully saturated rings. The van der Waals surface area contributed by atoms with E-state index in [1.807, 2.05) is 0 Å². The molecule has 0 aromatic rings. The summed E-state index contributed by atoms with van der Waals surface area (Å²) >= 11 is 0. The van der Waals surface area contributed by atoms with Crippen molar-refractivity contribution < 1.29 is 63.1 Å². The van der Waals surface area contributed by atoms with E-state index < -0.39 is 76.7 Å². The number of carbonyl (C=O) groups excluding carboxylic acids is 2. The molecule has 0 rings (SSSR count). The zero-order valence-electron chi connectivity index (χ0n) is 33.1. The Morgan fingerprint density at radius 1 is 0.509 bits per heavy atom. The van der Waals surface area contributed by atoms with Gasteiger partial charge in [0.2, 0.25) is 0 Å². The Bertz CT molecular complexity index is 909. The molecule has 0 saturated heterocycles. The normalized spacial score (nSPS) is 15.7. The number of aliphatic hydroxyl groups excluding tert-OH is 5. The lowest BCUT2D eigenvalue weighted by Crippen LogP contribution is -2.47. The lowest BCUT2D eigenvalue weighted by atomic mass is 10.0. The summed E-state index contributed by atoms with van der Waals surface area (Å²) < 4.78 is 32.9. The molecule has 6 atom stereocenters. The average molecular weight is 785 g/mol. The van der Waals surface area contributed by atoms with Crippen molar-refractivity contribution in [3.05, 3.63) is 0 Å².